The van der Waals surface area contributed by atoms with Crippen LogP contribution in [0.2, 0.25) is 0 Å². The molecule has 82 valence electrons. The molecule has 0 fully saturated rings. The zero-order chi connectivity index (χ0) is 11.3. The summed E-state index contributed by atoms with van der Waals surface area (Å²) in [6.07, 6.45) is 0.863. The number of rotatable bonds is 5. The maximum atomic E-state index is 10.3. The summed E-state index contributed by atoms with van der Waals surface area (Å²) in [5.74, 6) is 0.236. The van der Waals surface area contributed by atoms with Crippen LogP contribution in [-0.4, -0.2) is 24.8 Å². The number of hydrogen-bond acceptors (Lipinski definition) is 3. The topological polar surface area (TPSA) is 55.8 Å². The van der Waals surface area contributed by atoms with Crippen LogP contribution >= 0.6 is 0 Å². The second kappa shape index (κ2) is 5.24. The molecular weight excluding hydrogens is 196 g/mol. The van der Waals surface area contributed by atoms with Crippen LogP contribution in [0.1, 0.15) is 12.5 Å². The molecule has 0 amide bonds. The summed E-state index contributed by atoms with van der Waals surface area (Å²) in [6, 6.07) is 5.31. The molecule has 4 heteroatoms. The molecule has 1 rings (SSSR count). The Morgan fingerprint density at radius 2 is 2.20 bits per heavy atom. The first-order chi connectivity index (χ1) is 7.17. The van der Waals surface area contributed by atoms with Crippen LogP contribution in [-0.2, 0) is 11.2 Å². The van der Waals surface area contributed by atoms with Gasteiger partial charge in [0.05, 0.1) is 7.11 Å². The molecule has 1 N–H and O–H groups in total. The largest absolute Gasteiger partial charge is 0.496 e. The van der Waals surface area contributed by atoms with Gasteiger partial charge in [0.1, 0.15) is 11.5 Å². The van der Waals surface area contributed by atoms with Gasteiger partial charge in [0.25, 0.3) is 0 Å². The number of carbonyl (C=O) groups is 1. The average molecular weight is 210 g/mol. The molecule has 0 aromatic heterocycles. The van der Waals surface area contributed by atoms with Crippen molar-refractivity contribution in [1.82, 2.24) is 0 Å². The fraction of sp³-hybridized carbons (Fsp3) is 0.364. The van der Waals surface area contributed by atoms with Gasteiger partial charge in [0.2, 0.25) is 0 Å². The van der Waals surface area contributed by atoms with Gasteiger partial charge in [-0.05, 0) is 18.1 Å². The minimum Gasteiger partial charge on any atom is -0.496 e. The highest BCUT2D eigenvalue weighted by Crippen LogP contribution is 2.24. The van der Waals surface area contributed by atoms with Crippen molar-refractivity contribution in [3.05, 3.63) is 23.8 Å². The van der Waals surface area contributed by atoms with E-state index >= 15 is 0 Å². The molecule has 0 atom stereocenters. The minimum absolute atomic E-state index is 0.339. The molecule has 0 saturated heterocycles. The molecule has 1 aromatic rings. The van der Waals surface area contributed by atoms with E-state index in [1.165, 1.54) is 0 Å². The molecule has 15 heavy (non-hydrogen) atoms. The van der Waals surface area contributed by atoms with Gasteiger partial charge in [-0.15, -0.1) is 0 Å². The van der Waals surface area contributed by atoms with E-state index in [1.807, 2.05) is 13.0 Å². The highest BCUT2D eigenvalue weighted by molar-refractivity contribution is 5.68. The number of carboxylic acid groups (broad SMARTS) is 1. The van der Waals surface area contributed by atoms with E-state index in [2.05, 4.69) is 0 Å². The smallest absolute Gasteiger partial charge is 0.341 e. The first kappa shape index (κ1) is 11.4. The standard InChI is InChI=1S/C11H14O4/c1-3-8-4-5-9(6-10(8)14-2)15-7-11(12)13/h4-6H,3,7H2,1-2H3,(H,12,13). The van der Waals surface area contributed by atoms with Gasteiger partial charge in [0, 0.05) is 6.07 Å². The molecule has 0 aliphatic rings. The maximum Gasteiger partial charge on any atom is 0.341 e. The van der Waals surface area contributed by atoms with Crippen molar-refractivity contribution in [2.45, 2.75) is 13.3 Å². The lowest BCUT2D eigenvalue weighted by Gasteiger charge is -2.09. The third-order valence-electron chi connectivity index (χ3n) is 2.00. The monoisotopic (exact) mass is 210 g/mol. The number of carboxylic acids is 1. The summed E-state index contributed by atoms with van der Waals surface area (Å²) in [6.45, 7) is 1.68. The molecule has 0 radical (unpaired) electrons. The Balaban J connectivity index is 2.78. The van der Waals surface area contributed by atoms with Crippen molar-refractivity contribution < 1.29 is 19.4 Å². The first-order valence-electron chi connectivity index (χ1n) is 4.69. The lowest BCUT2D eigenvalue weighted by molar-refractivity contribution is -0.139. The van der Waals surface area contributed by atoms with Crippen LogP contribution < -0.4 is 9.47 Å². The SMILES string of the molecule is CCc1ccc(OCC(=O)O)cc1OC. The van der Waals surface area contributed by atoms with Crippen molar-refractivity contribution in [2.24, 2.45) is 0 Å². The predicted octanol–water partition coefficient (Wildman–Crippen LogP) is 1.72. The van der Waals surface area contributed by atoms with Crippen LogP contribution in [0.25, 0.3) is 0 Å². The van der Waals surface area contributed by atoms with Gasteiger partial charge < -0.3 is 14.6 Å². The van der Waals surface area contributed by atoms with Crippen LogP contribution in [0.15, 0.2) is 18.2 Å². The lowest BCUT2D eigenvalue weighted by Crippen LogP contribution is -2.09. The Hall–Kier alpha value is -1.71. The molecule has 4 nitrogen and oxygen atoms in total. The van der Waals surface area contributed by atoms with Crippen LogP contribution in [0.4, 0.5) is 0 Å². The second-order valence-electron chi connectivity index (χ2n) is 3.01. The lowest BCUT2D eigenvalue weighted by atomic mass is 10.1. The Kier molecular flexibility index (Phi) is 3.97. The van der Waals surface area contributed by atoms with Crippen LogP contribution in [0, 0.1) is 0 Å². The molecule has 0 spiro atoms. The maximum absolute atomic E-state index is 10.3. The Morgan fingerprint density at radius 1 is 1.47 bits per heavy atom. The number of hydrogen-bond donors (Lipinski definition) is 1. The van der Waals surface area contributed by atoms with Gasteiger partial charge in [-0.1, -0.05) is 13.0 Å². The van der Waals surface area contributed by atoms with E-state index in [1.54, 1.807) is 19.2 Å². The molecule has 0 saturated carbocycles. The quantitative estimate of drug-likeness (QED) is 0.804. The van der Waals surface area contributed by atoms with E-state index in [-0.39, 0.29) is 6.61 Å². The molecule has 0 aliphatic carbocycles. The molecule has 1 aromatic carbocycles. The summed E-state index contributed by atoms with van der Waals surface area (Å²) < 4.78 is 10.2. The molecular formula is C11H14O4. The van der Waals surface area contributed by atoms with Crippen molar-refractivity contribution in [1.29, 1.82) is 0 Å². The van der Waals surface area contributed by atoms with E-state index in [0.29, 0.717) is 5.75 Å². The second-order valence-corrected chi connectivity index (χ2v) is 3.01. The zero-order valence-corrected chi connectivity index (χ0v) is 8.82. The van der Waals surface area contributed by atoms with E-state index < -0.39 is 5.97 Å². The molecule has 0 bridgehead atoms. The minimum atomic E-state index is -0.992. The normalized spacial score (nSPS) is 9.73. The van der Waals surface area contributed by atoms with E-state index in [9.17, 15) is 4.79 Å². The average Bonchev–Trinajstić information content (AvgIpc) is 2.25. The molecule has 0 heterocycles. The number of aliphatic carboxylic acids is 1. The van der Waals surface area contributed by atoms with Crippen LogP contribution in [0.5, 0.6) is 11.5 Å². The number of benzene rings is 1. The van der Waals surface area contributed by atoms with Crippen molar-refractivity contribution in [3.8, 4) is 11.5 Å². The summed E-state index contributed by atoms with van der Waals surface area (Å²) in [7, 11) is 1.58. The first-order valence-corrected chi connectivity index (χ1v) is 4.69. The van der Waals surface area contributed by atoms with Gasteiger partial charge in [-0.25, -0.2) is 4.79 Å². The highest BCUT2D eigenvalue weighted by Gasteiger charge is 2.04. The number of ether oxygens (including phenoxy) is 2. The fourth-order valence-electron chi connectivity index (χ4n) is 1.25. The van der Waals surface area contributed by atoms with Gasteiger partial charge in [-0.2, -0.15) is 0 Å². The third kappa shape index (κ3) is 3.16. The summed E-state index contributed by atoms with van der Waals surface area (Å²) in [5.41, 5.74) is 1.07. The fourth-order valence-corrected chi connectivity index (χ4v) is 1.25. The van der Waals surface area contributed by atoms with Gasteiger partial charge in [0.15, 0.2) is 6.61 Å². The number of aryl methyl sites for hydroxylation is 1. The van der Waals surface area contributed by atoms with Crippen LogP contribution in [0.3, 0.4) is 0 Å². The predicted molar refractivity (Wildman–Crippen MR) is 55.5 cm³/mol. The molecule has 0 aliphatic heterocycles. The Bertz CT molecular complexity index is 346. The zero-order valence-electron chi connectivity index (χ0n) is 8.82. The highest BCUT2D eigenvalue weighted by atomic mass is 16.5. The van der Waals surface area contributed by atoms with E-state index in [4.69, 9.17) is 14.6 Å². The third-order valence-corrected chi connectivity index (χ3v) is 2.00. The van der Waals surface area contributed by atoms with Gasteiger partial charge in [-0.3, -0.25) is 0 Å². The summed E-state index contributed by atoms with van der Waals surface area (Å²) >= 11 is 0. The Morgan fingerprint density at radius 3 is 2.73 bits per heavy atom. The molecule has 0 unspecified atom stereocenters. The summed E-state index contributed by atoms with van der Waals surface area (Å²) in [5, 5.41) is 8.45. The van der Waals surface area contributed by atoms with Gasteiger partial charge >= 0.3 is 5.97 Å². The van der Waals surface area contributed by atoms with Crippen molar-refractivity contribution >= 4 is 5.97 Å². The van der Waals surface area contributed by atoms with Crippen molar-refractivity contribution in [3.63, 3.8) is 0 Å². The van der Waals surface area contributed by atoms with Crippen molar-refractivity contribution in [2.75, 3.05) is 13.7 Å². The van der Waals surface area contributed by atoms with E-state index in [0.717, 1.165) is 17.7 Å². The number of methoxy groups -OCH3 is 1. The Labute approximate surface area is 88.4 Å². The summed E-state index contributed by atoms with van der Waals surface area (Å²) in [4.78, 5) is 10.3.